The molecule has 0 amide bonds. The highest BCUT2D eigenvalue weighted by atomic mass is 19.1. The van der Waals surface area contributed by atoms with Crippen molar-refractivity contribution < 1.29 is 4.39 Å². The molecule has 22 heavy (non-hydrogen) atoms. The molecule has 0 atom stereocenters. The number of aryl methyl sites for hydroxylation is 1. The zero-order valence-electron chi connectivity index (χ0n) is 13.3. The topological polar surface area (TPSA) is 59.4 Å². The average Bonchev–Trinajstić information content (AvgIpc) is 2.92. The Morgan fingerprint density at radius 2 is 2.09 bits per heavy atom. The number of aromatic nitrogens is 2. The fourth-order valence-corrected chi connectivity index (χ4v) is 2.30. The first-order chi connectivity index (χ1) is 10.6. The van der Waals surface area contributed by atoms with Gasteiger partial charge in [-0.15, -0.1) is 0 Å². The van der Waals surface area contributed by atoms with E-state index in [1.165, 1.54) is 6.07 Å². The monoisotopic (exact) mass is 303 g/mol. The number of nitrogens with zero attached hydrogens (tertiary/aromatic N) is 4. The molecule has 0 spiro atoms. The number of benzene rings is 1. The van der Waals surface area contributed by atoms with Crippen LogP contribution in [0.3, 0.4) is 0 Å². The van der Waals surface area contributed by atoms with Gasteiger partial charge >= 0.3 is 0 Å². The fraction of sp³-hybridized carbons (Fsp3) is 0.375. The van der Waals surface area contributed by atoms with Gasteiger partial charge in [-0.2, -0.15) is 0 Å². The van der Waals surface area contributed by atoms with Crippen molar-refractivity contribution in [1.82, 2.24) is 14.5 Å². The molecule has 0 saturated heterocycles. The first-order valence-corrected chi connectivity index (χ1v) is 7.40. The van der Waals surface area contributed by atoms with Crippen LogP contribution in [0.4, 0.5) is 4.39 Å². The normalized spacial score (nSPS) is 11.7. The van der Waals surface area contributed by atoms with Crippen LogP contribution in [0.25, 0.3) is 5.69 Å². The lowest BCUT2D eigenvalue weighted by molar-refractivity contribution is 0.458. The third-order valence-corrected chi connectivity index (χ3v) is 3.61. The lowest BCUT2D eigenvalue weighted by Gasteiger charge is -2.19. The van der Waals surface area contributed by atoms with Gasteiger partial charge in [-0.1, -0.05) is 6.07 Å². The zero-order chi connectivity index (χ0) is 16.1. The third kappa shape index (κ3) is 3.44. The maximum atomic E-state index is 14.3. The van der Waals surface area contributed by atoms with Gasteiger partial charge in [0.15, 0.2) is 5.96 Å². The summed E-state index contributed by atoms with van der Waals surface area (Å²) in [6, 6.07) is 5.09. The minimum absolute atomic E-state index is 0.296. The minimum Gasteiger partial charge on any atom is -0.370 e. The second-order valence-corrected chi connectivity index (χ2v) is 4.98. The smallest absolute Gasteiger partial charge is 0.191 e. The quantitative estimate of drug-likeness (QED) is 0.682. The van der Waals surface area contributed by atoms with Crippen LogP contribution in [0, 0.1) is 12.7 Å². The van der Waals surface area contributed by atoms with Crippen LogP contribution < -0.4 is 5.73 Å². The second-order valence-electron chi connectivity index (χ2n) is 4.98. The Labute approximate surface area is 130 Å². The maximum Gasteiger partial charge on any atom is 0.191 e. The predicted octanol–water partition coefficient (Wildman–Crippen LogP) is 2.48. The molecule has 0 saturated carbocycles. The van der Waals surface area contributed by atoms with E-state index in [1.54, 1.807) is 23.0 Å². The van der Waals surface area contributed by atoms with Gasteiger partial charge in [0.05, 0.1) is 12.2 Å². The Morgan fingerprint density at radius 3 is 2.64 bits per heavy atom. The van der Waals surface area contributed by atoms with Crippen molar-refractivity contribution in [3.8, 4) is 5.69 Å². The molecule has 0 aliphatic carbocycles. The summed E-state index contributed by atoms with van der Waals surface area (Å²) in [5, 5.41) is 0. The molecule has 0 aliphatic heterocycles. The van der Waals surface area contributed by atoms with Crippen molar-refractivity contribution >= 4 is 5.96 Å². The number of hydrogen-bond donors (Lipinski definition) is 1. The SMILES string of the molecule is CCN(CC)C(N)=NCc1ccc(-n2ccnc2C)c(F)c1. The molecule has 0 fully saturated rings. The summed E-state index contributed by atoms with van der Waals surface area (Å²) in [4.78, 5) is 10.4. The van der Waals surface area contributed by atoms with Gasteiger partial charge < -0.3 is 15.2 Å². The minimum atomic E-state index is -0.296. The van der Waals surface area contributed by atoms with E-state index in [9.17, 15) is 4.39 Å². The molecule has 118 valence electrons. The second kappa shape index (κ2) is 7.06. The number of imidazole rings is 1. The Balaban J connectivity index is 2.17. The molecule has 2 rings (SSSR count). The lowest BCUT2D eigenvalue weighted by Crippen LogP contribution is -2.37. The molecule has 2 N–H and O–H groups in total. The van der Waals surface area contributed by atoms with E-state index < -0.39 is 0 Å². The largest absolute Gasteiger partial charge is 0.370 e. The van der Waals surface area contributed by atoms with E-state index >= 15 is 0 Å². The lowest BCUT2D eigenvalue weighted by atomic mass is 10.2. The first-order valence-electron chi connectivity index (χ1n) is 7.40. The molecule has 1 aromatic carbocycles. The van der Waals surface area contributed by atoms with Crippen molar-refractivity contribution in [1.29, 1.82) is 0 Å². The number of nitrogens with two attached hydrogens (primary N) is 1. The van der Waals surface area contributed by atoms with Crippen molar-refractivity contribution in [3.63, 3.8) is 0 Å². The maximum absolute atomic E-state index is 14.3. The number of halogens is 1. The van der Waals surface area contributed by atoms with E-state index in [-0.39, 0.29) is 5.82 Å². The fourth-order valence-electron chi connectivity index (χ4n) is 2.30. The zero-order valence-corrected chi connectivity index (χ0v) is 13.3. The molecule has 1 aromatic heterocycles. The van der Waals surface area contributed by atoms with Crippen molar-refractivity contribution in [3.05, 3.63) is 47.8 Å². The standard InChI is InChI=1S/C16H22FN5/c1-4-21(5-2)16(18)20-11-13-6-7-15(14(17)10-13)22-9-8-19-12(22)3/h6-10H,4-5,11H2,1-3H3,(H2,18,20). The Morgan fingerprint density at radius 1 is 1.36 bits per heavy atom. The van der Waals surface area contributed by atoms with Gasteiger partial charge in [0.1, 0.15) is 11.6 Å². The summed E-state index contributed by atoms with van der Waals surface area (Å²) >= 11 is 0. The van der Waals surface area contributed by atoms with Crippen molar-refractivity contribution in [2.75, 3.05) is 13.1 Å². The highest BCUT2D eigenvalue weighted by molar-refractivity contribution is 5.78. The van der Waals surface area contributed by atoms with Crippen LogP contribution in [0.15, 0.2) is 35.6 Å². The Bertz CT molecular complexity index is 658. The number of guanidine groups is 1. The summed E-state index contributed by atoms with van der Waals surface area (Å²) in [6.45, 7) is 7.85. The number of hydrogen-bond acceptors (Lipinski definition) is 2. The average molecular weight is 303 g/mol. The van der Waals surface area contributed by atoms with Gasteiger partial charge in [0, 0.05) is 25.5 Å². The van der Waals surface area contributed by atoms with Gasteiger partial charge in [0.25, 0.3) is 0 Å². The Hall–Kier alpha value is -2.37. The van der Waals surface area contributed by atoms with E-state index in [4.69, 9.17) is 5.73 Å². The predicted molar refractivity (Wildman–Crippen MR) is 86.5 cm³/mol. The van der Waals surface area contributed by atoms with E-state index in [1.807, 2.05) is 31.7 Å². The molecular formula is C16H22FN5. The molecule has 1 heterocycles. The van der Waals surface area contributed by atoms with Crippen LogP contribution >= 0.6 is 0 Å². The molecule has 2 aromatic rings. The summed E-state index contributed by atoms with van der Waals surface area (Å²) in [5.74, 6) is 0.936. The van der Waals surface area contributed by atoms with Crippen molar-refractivity contribution in [2.45, 2.75) is 27.3 Å². The van der Waals surface area contributed by atoms with Crippen LogP contribution in [0.2, 0.25) is 0 Å². The molecular weight excluding hydrogens is 281 g/mol. The van der Waals surface area contributed by atoms with E-state index in [2.05, 4.69) is 9.98 Å². The van der Waals surface area contributed by atoms with Crippen LogP contribution in [-0.4, -0.2) is 33.5 Å². The highest BCUT2D eigenvalue weighted by Gasteiger charge is 2.08. The van der Waals surface area contributed by atoms with Crippen LogP contribution in [0.1, 0.15) is 25.2 Å². The summed E-state index contributed by atoms with van der Waals surface area (Å²) in [6.07, 6.45) is 3.39. The van der Waals surface area contributed by atoms with Gasteiger partial charge in [-0.25, -0.2) is 14.4 Å². The van der Waals surface area contributed by atoms with Gasteiger partial charge in [0.2, 0.25) is 0 Å². The van der Waals surface area contributed by atoms with E-state index in [0.29, 0.717) is 18.2 Å². The van der Waals surface area contributed by atoms with Crippen molar-refractivity contribution in [2.24, 2.45) is 10.7 Å². The molecule has 0 bridgehead atoms. The Kier molecular flexibility index (Phi) is 5.14. The number of aliphatic imine (C=N–C) groups is 1. The summed E-state index contributed by atoms with van der Waals surface area (Å²) < 4.78 is 16.0. The highest BCUT2D eigenvalue weighted by Crippen LogP contribution is 2.17. The van der Waals surface area contributed by atoms with Crippen LogP contribution in [-0.2, 0) is 6.54 Å². The summed E-state index contributed by atoms with van der Waals surface area (Å²) in [7, 11) is 0. The van der Waals surface area contributed by atoms with Crippen LogP contribution in [0.5, 0.6) is 0 Å². The third-order valence-electron chi connectivity index (χ3n) is 3.61. The molecule has 5 nitrogen and oxygen atoms in total. The van der Waals surface area contributed by atoms with Gasteiger partial charge in [-0.05, 0) is 38.5 Å². The molecule has 0 radical (unpaired) electrons. The molecule has 0 unspecified atom stereocenters. The summed E-state index contributed by atoms with van der Waals surface area (Å²) in [5.41, 5.74) is 7.19. The molecule has 0 aliphatic rings. The van der Waals surface area contributed by atoms with Gasteiger partial charge in [-0.3, -0.25) is 0 Å². The number of rotatable bonds is 5. The molecule has 6 heteroatoms. The van der Waals surface area contributed by atoms with E-state index in [0.717, 1.165) is 24.5 Å². The first kappa shape index (κ1) is 16.0.